The minimum atomic E-state index is -0.397. The van der Waals surface area contributed by atoms with Crippen molar-refractivity contribution in [1.29, 1.82) is 0 Å². The van der Waals surface area contributed by atoms with Crippen LogP contribution in [0, 0.1) is 17.0 Å². The van der Waals surface area contributed by atoms with Gasteiger partial charge in [0, 0.05) is 43.9 Å². The number of nitro benzene ring substituents is 1. The van der Waals surface area contributed by atoms with Crippen molar-refractivity contribution in [2.45, 2.75) is 6.92 Å². The normalized spacial score (nSPS) is 15.5. The quantitative estimate of drug-likeness (QED) is 0.521. The number of fused-ring (bicyclic) bond motifs is 1. The fraction of sp³-hybridized carbons (Fsp3) is 0.333. The number of aromatic nitrogens is 2. The molecular formula is C18H19N5O2S. The van der Waals surface area contributed by atoms with Crippen molar-refractivity contribution < 1.29 is 4.92 Å². The maximum absolute atomic E-state index is 10.9. The van der Waals surface area contributed by atoms with Gasteiger partial charge in [0.05, 0.1) is 10.3 Å². The molecule has 0 spiro atoms. The first-order chi connectivity index (χ1) is 12.5. The Morgan fingerprint density at radius 3 is 2.46 bits per heavy atom. The molecule has 7 nitrogen and oxygen atoms in total. The lowest BCUT2D eigenvalue weighted by Crippen LogP contribution is -2.45. The third-order valence-corrected chi connectivity index (χ3v) is 5.73. The summed E-state index contributed by atoms with van der Waals surface area (Å²) in [5, 5.41) is 14.1. The molecule has 3 heterocycles. The van der Waals surface area contributed by atoms with E-state index in [2.05, 4.69) is 29.2 Å². The SMILES string of the molecule is Cc1csc2nc(-c3ccc([N+](=O)[O-])cc3)nc(N3CCN(C)CC3)c12. The van der Waals surface area contributed by atoms with Gasteiger partial charge < -0.3 is 9.80 Å². The van der Waals surface area contributed by atoms with Gasteiger partial charge in [-0.15, -0.1) is 11.3 Å². The Bertz CT molecular complexity index is 962. The van der Waals surface area contributed by atoms with Crippen LogP contribution in [0.3, 0.4) is 0 Å². The van der Waals surface area contributed by atoms with E-state index in [1.165, 1.54) is 17.7 Å². The molecule has 2 aromatic heterocycles. The van der Waals surface area contributed by atoms with Crippen molar-refractivity contribution in [3.05, 3.63) is 45.3 Å². The summed E-state index contributed by atoms with van der Waals surface area (Å²) in [4.78, 5) is 25.6. The lowest BCUT2D eigenvalue weighted by atomic mass is 10.1. The molecule has 1 fully saturated rings. The van der Waals surface area contributed by atoms with Crippen molar-refractivity contribution in [3.63, 3.8) is 0 Å². The average molecular weight is 369 g/mol. The molecule has 26 heavy (non-hydrogen) atoms. The number of benzene rings is 1. The lowest BCUT2D eigenvalue weighted by Gasteiger charge is -2.33. The predicted octanol–water partition coefficient (Wildman–Crippen LogP) is 3.33. The second-order valence-corrected chi connectivity index (χ2v) is 7.42. The van der Waals surface area contributed by atoms with E-state index in [1.54, 1.807) is 23.5 Å². The molecule has 0 aliphatic carbocycles. The summed E-state index contributed by atoms with van der Waals surface area (Å²) in [7, 11) is 2.13. The Kier molecular flexibility index (Phi) is 4.29. The second kappa shape index (κ2) is 6.62. The van der Waals surface area contributed by atoms with E-state index in [0.29, 0.717) is 5.82 Å². The summed E-state index contributed by atoms with van der Waals surface area (Å²) in [6.07, 6.45) is 0. The van der Waals surface area contributed by atoms with Gasteiger partial charge in [-0.1, -0.05) is 0 Å². The first-order valence-electron chi connectivity index (χ1n) is 8.47. The molecule has 0 N–H and O–H groups in total. The number of rotatable bonds is 3. The fourth-order valence-electron chi connectivity index (χ4n) is 3.17. The van der Waals surface area contributed by atoms with Crippen LogP contribution in [0.4, 0.5) is 11.5 Å². The number of aryl methyl sites for hydroxylation is 1. The van der Waals surface area contributed by atoms with Gasteiger partial charge in [-0.05, 0) is 37.0 Å². The average Bonchev–Trinajstić information content (AvgIpc) is 3.03. The van der Waals surface area contributed by atoms with Gasteiger partial charge in [0.2, 0.25) is 0 Å². The van der Waals surface area contributed by atoms with E-state index in [0.717, 1.165) is 47.8 Å². The highest BCUT2D eigenvalue weighted by atomic mass is 32.1. The van der Waals surface area contributed by atoms with E-state index < -0.39 is 4.92 Å². The predicted molar refractivity (Wildman–Crippen MR) is 104 cm³/mol. The topological polar surface area (TPSA) is 75.4 Å². The number of hydrogen-bond acceptors (Lipinski definition) is 7. The van der Waals surface area contributed by atoms with Crippen LogP contribution < -0.4 is 4.90 Å². The van der Waals surface area contributed by atoms with Gasteiger partial charge in [0.15, 0.2) is 5.82 Å². The number of likely N-dealkylation sites (N-methyl/N-ethyl adjacent to an activating group) is 1. The number of thiophene rings is 1. The molecule has 3 aromatic rings. The summed E-state index contributed by atoms with van der Waals surface area (Å²) in [5.74, 6) is 1.58. The molecule has 1 aromatic carbocycles. The van der Waals surface area contributed by atoms with E-state index in [1.807, 2.05) is 0 Å². The first kappa shape index (κ1) is 16.9. The smallest absolute Gasteiger partial charge is 0.269 e. The molecule has 8 heteroatoms. The number of nitrogens with zero attached hydrogens (tertiary/aromatic N) is 5. The minimum absolute atomic E-state index is 0.0705. The highest BCUT2D eigenvalue weighted by Crippen LogP contribution is 2.34. The molecule has 4 rings (SSSR count). The van der Waals surface area contributed by atoms with Gasteiger partial charge in [-0.2, -0.15) is 0 Å². The van der Waals surface area contributed by atoms with Crippen LogP contribution in [0.5, 0.6) is 0 Å². The molecule has 1 aliphatic rings. The van der Waals surface area contributed by atoms with Gasteiger partial charge in [-0.3, -0.25) is 10.1 Å². The maximum atomic E-state index is 10.9. The maximum Gasteiger partial charge on any atom is 0.269 e. The number of nitro groups is 1. The number of anilines is 1. The Hall–Kier alpha value is -2.58. The van der Waals surface area contributed by atoms with Crippen LogP contribution in [0.2, 0.25) is 0 Å². The van der Waals surface area contributed by atoms with Gasteiger partial charge in [0.25, 0.3) is 5.69 Å². The highest BCUT2D eigenvalue weighted by Gasteiger charge is 2.21. The molecule has 1 aliphatic heterocycles. The number of non-ortho nitro benzene ring substituents is 1. The van der Waals surface area contributed by atoms with Crippen molar-refractivity contribution in [1.82, 2.24) is 14.9 Å². The zero-order chi connectivity index (χ0) is 18.3. The Labute approximate surface area is 155 Å². The minimum Gasteiger partial charge on any atom is -0.353 e. The Morgan fingerprint density at radius 1 is 1.12 bits per heavy atom. The third-order valence-electron chi connectivity index (χ3n) is 4.74. The van der Waals surface area contributed by atoms with Crippen molar-refractivity contribution in [2.75, 3.05) is 38.1 Å². The number of piperazine rings is 1. The zero-order valence-corrected chi connectivity index (χ0v) is 15.5. The van der Waals surface area contributed by atoms with Crippen LogP contribution in [0.25, 0.3) is 21.6 Å². The summed E-state index contributed by atoms with van der Waals surface area (Å²) in [5.41, 5.74) is 2.05. The molecule has 0 bridgehead atoms. The summed E-state index contributed by atoms with van der Waals surface area (Å²) in [6.45, 7) is 5.95. The highest BCUT2D eigenvalue weighted by molar-refractivity contribution is 7.17. The molecule has 0 amide bonds. The Balaban J connectivity index is 1.80. The van der Waals surface area contributed by atoms with Gasteiger partial charge >= 0.3 is 0 Å². The molecule has 0 unspecified atom stereocenters. The van der Waals surface area contributed by atoms with E-state index in [-0.39, 0.29) is 5.69 Å². The third kappa shape index (κ3) is 3.02. The summed E-state index contributed by atoms with van der Waals surface area (Å²) >= 11 is 1.61. The van der Waals surface area contributed by atoms with Crippen LogP contribution in [0.15, 0.2) is 29.6 Å². The second-order valence-electron chi connectivity index (χ2n) is 6.56. The molecule has 0 atom stereocenters. The summed E-state index contributed by atoms with van der Waals surface area (Å²) < 4.78 is 0. The fourth-order valence-corrected chi connectivity index (χ4v) is 4.09. The molecule has 0 radical (unpaired) electrons. The van der Waals surface area contributed by atoms with Gasteiger partial charge in [0.1, 0.15) is 10.6 Å². The van der Waals surface area contributed by atoms with Crippen molar-refractivity contribution in [2.24, 2.45) is 0 Å². The monoisotopic (exact) mass is 369 g/mol. The largest absolute Gasteiger partial charge is 0.353 e. The van der Waals surface area contributed by atoms with E-state index in [4.69, 9.17) is 9.97 Å². The van der Waals surface area contributed by atoms with Crippen LogP contribution in [-0.4, -0.2) is 53.0 Å². The number of hydrogen-bond donors (Lipinski definition) is 0. The van der Waals surface area contributed by atoms with Crippen LogP contribution >= 0.6 is 11.3 Å². The van der Waals surface area contributed by atoms with Gasteiger partial charge in [-0.25, -0.2) is 9.97 Å². The standard InChI is InChI=1S/C18H19N5O2S/c1-12-11-26-18-15(12)17(22-9-7-21(2)8-10-22)19-16(20-18)13-3-5-14(6-4-13)23(24)25/h3-6,11H,7-10H2,1-2H3. The van der Waals surface area contributed by atoms with Crippen LogP contribution in [0.1, 0.15) is 5.56 Å². The molecule has 1 saturated heterocycles. The Morgan fingerprint density at radius 2 is 1.81 bits per heavy atom. The van der Waals surface area contributed by atoms with E-state index in [9.17, 15) is 10.1 Å². The zero-order valence-electron chi connectivity index (χ0n) is 14.7. The summed E-state index contributed by atoms with van der Waals surface area (Å²) in [6, 6.07) is 6.43. The first-order valence-corrected chi connectivity index (χ1v) is 9.35. The lowest BCUT2D eigenvalue weighted by molar-refractivity contribution is -0.384. The molecule has 134 valence electrons. The van der Waals surface area contributed by atoms with Crippen molar-refractivity contribution in [3.8, 4) is 11.4 Å². The van der Waals surface area contributed by atoms with Crippen LogP contribution in [-0.2, 0) is 0 Å². The molecular weight excluding hydrogens is 350 g/mol. The van der Waals surface area contributed by atoms with Crippen molar-refractivity contribution >= 4 is 33.1 Å². The molecule has 0 saturated carbocycles. The van der Waals surface area contributed by atoms with E-state index >= 15 is 0 Å².